The van der Waals surface area contributed by atoms with Crippen LogP contribution in [0.5, 0.6) is 11.5 Å². The smallest absolute Gasteiger partial charge is 0.331 e. The number of rotatable bonds is 6. The first-order chi connectivity index (χ1) is 15.4. The summed E-state index contributed by atoms with van der Waals surface area (Å²) in [4.78, 5) is 37.4. The Hall–Kier alpha value is -3.33. The van der Waals surface area contributed by atoms with Crippen molar-refractivity contribution in [3.63, 3.8) is 0 Å². The summed E-state index contributed by atoms with van der Waals surface area (Å²) in [6.07, 6.45) is 5.40. The zero-order valence-corrected chi connectivity index (χ0v) is 18.5. The monoisotopic (exact) mass is 456 g/mol. The predicted octanol–water partition coefficient (Wildman–Crippen LogP) is 2.94. The highest BCUT2D eigenvalue weighted by atomic mass is 32.1. The van der Waals surface area contributed by atoms with Gasteiger partial charge in [0, 0.05) is 11.0 Å². The number of carbonyl (C=O) groups is 3. The Kier molecular flexibility index (Phi) is 6.45. The number of hydrogen-bond acceptors (Lipinski definition) is 7. The van der Waals surface area contributed by atoms with Crippen molar-refractivity contribution in [2.45, 2.75) is 26.2 Å². The Labute approximate surface area is 189 Å². The summed E-state index contributed by atoms with van der Waals surface area (Å²) in [5, 5.41) is 3.10. The van der Waals surface area contributed by atoms with Gasteiger partial charge in [-0.1, -0.05) is 13.0 Å². The summed E-state index contributed by atoms with van der Waals surface area (Å²) in [6.45, 7) is 2.66. The molecule has 0 radical (unpaired) electrons. The number of nitrogens with one attached hydrogen (secondary N) is 1. The van der Waals surface area contributed by atoms with E-state index in [1.165, 1.54) is 17.4 Å². The number of benzene rings is 1. The van der Waals surface area contributed by atoms with Crippen LogP contribution in [0.1, 0.15) is 39.7 Å². The molecule has 4 rings (SSSR count). The van der Waals surface area contributed by atoms with Crippen LogP contribution in [0.25, 0.3) is 6.08 Å². The summed E-state index contributed by atoms with van der Waals surface area (Å²) in [7, 11) is 0. The molecule has 1 aliphatic carbocycles. The molecule has 168 valence electrons. The fourth-order valence-corrected chi connectivity index (χ4v) is 5.21. The van der Waals surface area contributed by atoms with E-state index in [4.69, 9.17) is 19.9 Å². The normalized spacial score (nSPS) is 17.0. The van der Waals surface area contributed by atoms with Crippen molar-refractivity contribution in [2.75, 3.05) is 25.1 Å². The second-order valence-corrected chi connectivity index (χ2v) is 8.92. The standard InChI is InChI=1S/C23H24N2O6S/c1-13-2-5-15-18(10-13)32-23(21(15)22(24)28)25-19(26)12-31-20(27)7-4-14-3-6-16-17(11-14)30-9-8-29-16/h3-4,6-7,11,13H,2,5,8-10,12H2,1H3,(H2,24,28)(H,25,26)/b7-4+. The maximum atomic E-state index is 12.3. The Morgan fingerprint density at radius 2 is 2.03 bits per heavy atom. The van der Waals surface area contributed by atoms with Crippen LogP contribution in [0.15, 0.2) is 24.3 Å². The number of fused-ring (bicyclic) bond motifs is 2. The second-order valence-electron chi connectivity index (χ2n) is 7.81. The van der Waals surface area contributed by atoms with E-state index in [0.717, 1.165) is 35.3 Å². The SMILES string of the molecule is CC1CCc2c(sc(NC(=O)COC(=O)/C=C/c3ccc4c(c3)OCCO4)c2C(N)=O)C1. The van der Waals surface area contributed by atoms with E-state index < -0.39 is 24.4 Å². The lowest BCUT2D eigenvalue weighted by molar-refractivity contribution is -0.142. The molecular formula is C23H24N2O6S. The summed E-state index contributed by atoms with van der Waals surface area (Å²) in [5.41, 5.74) is 7.59. The highest BCUT2D eigenvalue weighted by molar-refractivity contribution is 7.17. The molecule has 0 spiro atoms. The molecule has 1 aromatic heterocycles. The molecule has 2 aliphatic rings. The molecule has 0 saturated carbocycles. The van der Waals surface area contributed by atoms with Crippen molar-refractivity contribution in [1.29, 1.82) is 0 Å². The van der Waals surface area contributed by atoms with Crippen molar-refractivity contribution in [3.8, 4) is 11.5 Å². The van der Waals surface area contributed by atoms with Crippen LogP contribution in [-0.4, -0.2) is 37.6 Å². The maximum absolute atomic E-state index is 12.3. The first kappa shape index (κ1) is 21.9. The molecule has 2 aromatic rings. The van der Waals surface area contributed by atoms with Gasteiger partial charge in [-0.25, -0.2) is 4.79 Å². The van der Waals surface area contributed by atoms with E-state index in [9.17, 15) is 14.4 Å². The fraction of sp³-hybridized carbons (Fsp3) is 0.348. The molecule has 1 unspecified atom stereocenters. The molecule has 9 heteroatoms. The molecule has 8 nitrogen and oxygen atoms in total. The zero-order valence-electron chi connectivity index (χ0n) is 17.6. The zero-order chi connectivity index (χ0) is 22.7. The number of thiophene rings is 1. The summed E-state index contributed by atoms with van der Waals surface area (Å²) < 4.78 is 16.0. The number of carbonyl (C=O) groups excluding carboxylic acids is 3. The minimum absolute atomic E-state index is 0.370. The number of ether oxygens (including phenoxy) is 3. The molecule has 1 aliphatic heterocycles. The van der Waals surface area contributed by atoms with E-state index in [2.05, 4.69) is 12.2 Å². The molecule has 0 bridgehead atoms. The van der Waals surface area contributed by atoms with Crippen molar-refractivity contribution in [2.24, 2.45) is 11.7 Å². The third kappa shape index (κ3) is 4.94. The third-order valence-corrected chi connectivity index (χ3v) is 6.50. The van der Waals surface area contributed by atoms with Crippen molar-refractivity contribution in [1.82, 2.24) is 0 Å². The van der Waals surface area contributed by atoms with E-state index >= 15 is 0 Å². The average molecular weight is 457 g/mol. The Morgan fingerprint density at radius 3 is 2.81 bits per heavy atom. The number of nitrogens with two attached hydrogens (primary N) is 1. The predicted molar refractivity (Wildman–Crippen MR) is 120 cm³/mol. The Bertz CT molecular complexity index is 1090. The van der Waals surface area contributed by atoms with Gasteiger partial charge in [-0.15, -0.1) is 11.3 Å². The van der Waals surface area contributed by atoms with Gasteiger partial charge < -0.3 is 25.3 Å². The van der Waals surface area contributed by atoms with Crippen LogP contribution in [0.4, 0.5) is 5.00 Å². The highest BCUT2D eigenvalue weighted by Crippen LogP contribution is 2.39. The fourth-order valence-electron chi connectivity index (χ4n) is 3.77. The third-order valence-electron chi connectivity index (χ3n) is 5.33. The van der Waals surface area contributed by atoms with Crippen molar-refractivity contribution < 1.29 is 28.6 Å². The molecule has 1 aromatic carbocycles. The van der Waals surface area contributed by atoms with Gasteiger partial charge in [-0.2, -0.15) is 0 Å². The molecule has 0 saturated heterocycles. The van der Waals surface area contributed by atoms with Crippen LogP contribution < -0.4 is 20.5 Å². The number of primary amides is 1. The minimum atomic E-state index is -0.663. The lowest BCUT2D eigenvalue weighted by atomic mass is 9.88. The number of esters is 1. The molecule has 2 heterocycles. The maximum Gasteiger partial charge on any atom is 0.331 e. The van der Waals surface area contributed by atoms with Gasteiger partial charge in [0.15, 0.2) is 18.1 Å². The van der Waals surface area contributed by atoms with Gasteiger partial charge in [-0.3, -0.25) is 9.59 Å². The summed E-state index contributed by atoms with van der Waals surface area (Å²) in [6, 6.07) is 5.31. The van der Waals surface area contributed by atoms with Crippen LogP contribution in [-0.2, 0) is 27.2 Å². The van der Waals surface area contributed by atoms with Gasteiger partial charge in [0.2, 0.25) is 0 Å². The van der Waals surface area contributed by atoms with Crippen LogP contribution in [0.3, 0.4) is 0 Å². The molecule has 3 N–H and O–H groups in total. The first-order valence-corrected chi connectivity index (χ1v) is 11.2. The summed E-state index contributed by atoms with van der Waals surface area (Å²) in [5.74, 6) is 0.0425. The average Bonchev–Trinajstić information content (AvgIpc) is 3.13. The van der Waals surface area contributed by atoms with Gasteiger partial charge in [-0.05, 0) is 54.5 Å². The number of anilines is 1. The molecule has 32 heavy (non-hydrogen) atoms. The lowest BCUT2D eigenvalue weighted by Gasteiger charge is -2.18. The lowest BCUT2D eigenvalue weighted by Crippen LogP contribution is -2.22. The van der Waals surface area contributed by atoms with E-state index in [1.54, 1.807) is 24.3 Å². The first-order valence-electron chi connectivity index (χ1n) is 10.4. The second kappa shape index (κ2) is 9.44. The topological polar surface area (TPSA) is 117 Å². The molecule has 0 fully saturated rings. The quantitative estimate of drug-likeness (QED) is 0.510. The van der Waals surface area contributed by atoms with Crippen LogP contribution >= 0.6 is 11.3 Å². The van der Waals surface area contributed by atoms with Crippen LogP contribution in [0.2, 0.25) is 0 Å². The molecule has 2 amide bonds. The largest absolute Gasteiger partial charge is 0.486 e. The van der Waals surface area contributed by atoms with E-state index in [0.29, 0.717) is 41.2 Å². The minimum Gasteiger partial charge on any atom is -0.486 e. The van der Waals surface area contributed by atoms with E-state index in [1.807, 2.05) is 0 Å². The molecule has 1 atom stereocenters. The van der Waals surface area contributed by atoms with Crippen molar-refractivity contribution in [3.05, 3.63) is 45.8 Å². The van der Waals surface area contributed by atoms with Gasteiger partial charge >= 0.3 is 5.97 Å². The number of amides is 2. The van der Waals surface area contributed by atoms with Gasteiger partial charge in [0.05, 0.1) is 5.56 Å². The van der Waals surface area contributed by atoms with Gasteiger partial charge in [0.1, 0.15) is 18.2 Å². The van der Waals surface area contributed by atoms with Crippen LogP contribution in [0, 0.1) is 5.92 Å². The highest BCUT2D eigenvalue weighted by Gasteiger charge is 2.27. The Balaban J connectivity index is 1.34. The van der Waals surface area contributed by atoms with Crippen molar-refractivity contribution >= 4 is 40.2 Å². The Morgan fingerprint density at radius 1 is 1.25 bits per heavy atom. The van der Waals surface area contributed by atoms with Gasteiger partial charge in [0.25, 0.3) is 11.8 Å². The van der Waals surface area contributed by atoms with E-state index in [-0.39, 0.29) is 0 Å². The molecular weight excluding hydrogens is 432 g/mol. The number of hydrogen-bond donors (Lipinski definition) is 2. The summed E-state index contributed by atoms with van der Waals surface area (Å²) >= 11 is 1.37.